The lowest BCUT2D eigenvalue weighted by Crippen LogP contribution is -2.25. The summed E-state index contributed by atoms with van der Waals surface area (Å²) in [5.74, 6) is 0. The Kier molecular flexibility index (Phi) is 2.67. The molecule has 0 N–H and O–H groups in total. The van der Waals surface area contributed by atoms with Crippen molar-refractivity contribution in [3.05, 3.63) is 0 Å². The SMILES string of the molecule is CCN1CCN(CC#N)C1. The van der Waals surface area contributed by atoms with Gasteiger partial charge >= 0.3 is 0 Å². The van der Waals surface area contributed by atoms with Gasteiger partial charge in [-0.1, -0.05) is 6.92 Å². The lowest BCUT2D eigenvalue weighted by Gasteiger charge is -2.12. The summed E-state index contributed by atoms with van der Waals surface area (Å²) in [6.45, 7) is 6.98. The molecule has 1 aliphatic heterocycles. The van der Waals surface area contributed by atoms with Gasteiger partial charge in [-0.05, 0) is 6.54 Å². The molecule has 1 aliphatic rings. The maximum absolute atomic E-state index is 8.38. The third-order valence-electron chi connectivity index (χ3n) is 1.87. The molecule has 1 fully saturated rings. The highest BCUT2D eigenvalue weighted by atomic mass is 15.4. The van der Waals surface area contributed by atoms with Crippen LogP contribution in [-0.4, -0.2) is 42.6 Å². The van der Waals surface area contributed by atoms with Gasteiger partial charge in [-0.2, -0.15) is 5.26 Å². The number of nitriles is 1. The summed E-state index contributed by atoms with van der Waals surface area (Å²) in [7, 11) is 0. The lowest BCUT2D eigenvalue weighted by molar-refractivity contribution is 0.272. The average molecular weight is 139 g/mol. The Morgan fingerprint density at radius 2 is 2.10 bits per heavy atom. The summed E-state index contributed by atoms with van der Waals surface area (Å²) in [5, 5.41) is 8.38. The van der Waals surface area contributed by atoms with Crippen molar-refractivity contribution in [3.63, 3.8) is 0 Å². The normalized spacial score (nSPS) is 21.2. The van der Waals surface area contributed by atoms with Gasteiger partial charge < -0.3 is 0 Å². The summed E-state index contributed by atoms with van der Waals surface area (Å²) >= 11 is 0. The van der Waals surface area contributed by atoms with Crippen LogP contribution in [0.4, 0.5) is 0 Å². The molecule has 1 heterocycles. The zero-order valence-corrected chi connectivity index (χ0v) is 6.38. The Bertz CT molecular complexity index is 138. The van der Waals surface area contributed by atoms with Gasteiger partial charge in [-0.25, -0.2) is 0 Å². The van der Waals surface area contributed by atoms with Gasteiger partial charge in [-0.15, -0.1) is 0 Å². The zero-order chi connectivity index (χ0) is 7.40. The third kappa shape index (κ3) is 1.69. The van der Waals surface area contributed by atoms with E-state index in [1.54, 1.807) is 0 Å². The van der Waals surface area contributed by atoms with Crippen LogP contribution in [0.3, 0.4) is 0 Å². The molecule has 0 aliphatic carbocycles. The maximum atomic E-state index is 8.38. The predicted molar refractivity (Wildman–Crippen MR) is 39.3 cm³/mol. The standard InChI is InChI=1S/C7H13N3/c1-2-9-5-6-10(7-9)4-3-8/h2,4-7H2,1H3. The smallest absolute Gasteiger partial charge is 0.0876 e. The molecule has 1 rings (SSSR count). The minimum absolute atomic E-state index is 0.580. The molecule has 0 unspecified atom stereocenters. The number of rotatable bonds is 2. The highest BCUT2D eigenvalue weighted by molar-refractivity contribution is 4.80. The largest absolute Gasteiger partial charge is 0.289 e. The topological polar surface area (TPSA) is 30.3 Å². The fraction of sp³-hybridized carbons (Fsp3) is 0.857. The summed E-state index contributed by atoms with van der Waals surface area (Å²) in [5.41, 5.74) is 0. The van der Waals surface area contributed by atoms with Crippen molar-refractivity contribution in [2.75, 3.05) is 32.8 Å². The highest BCUT2D eigenvalue weighted by Gasteiger charge is 2.16. The molecule has 10 heavy (non-hydrogen) atoms. The molecule has 0 spiro atoms. The first kappa shape index (κ1) is 7.52. The van der Waals surface area contributed by atoms with Gasteiger partial charge in [0, 0.05) is 13.1 Å². The Morgan fingerprint density at radius 3 is 2.60 bits per heavy atom. The molecule has 3 heteroatoms. The number of nitrogens with zero attached hydrogens (tertiary/aromatic N) is 3. The van der Waals surface area contributed by atoms with E-state index in [1.165, 1.54) is 0 Å². The van der Waals surface area contributed by atoms with Gasteiger partial charge in [0.05, 0.1) is 19.3 Å². The van der Waals surface area contributed by atoms with E-state index >= 15 is 0 Å². The average Bonchev–Trinajstić information content (AvgIpc) is 2.37. The summed E-state index contributed by atoms with van der Waals surface area (Å²) in [6, 6.07) is 2.15. The maximum Gasteiger partial charge on any atom is 0.0876 e. The highest BCUT2D eigenvalue weighted by Crippen LogP contribution is 2.01. The fourth-order valence-corrected chi connectivity index (χ4v) is 1.19. The predicted octanol–water partition coefficient (Wildman–Crippen LogP) is 0.105. The molecule has 1 saturated heterocycles. The second-order valence-corrected chi connectivity index (χ2v) is 2.56. The van der Waals surface area contributed by atoms with Crippen LogP contribution in [-0.2, 0) is 0 Å². The first-order valence-electron chi connectivity index (χ1n) is 3.68. The molecule has 0 atom stereocenters. The van der Waals surface area contributed by atoms with Crippen LogP contribution < -0.4 is 0 Å². The molecule has 0 radical (unpaired) electrons. The lowest BCUT2D eigenvalue weighted by atomic mass is 10.5. The number of hydrogen-bond acceptors (Lipinski definition) is 3. The number of likely N-dealkylation sites (N-methyl/N-ethyl adjacent to an activating group) is 1. The fourth-order valence-electron chi connectivity index (χ4n) is 1.19. The van der Waals surface area contributed by atoms with Gasteiger partial charge in [0.1, 0.15) is 0 Å². The number of hydrogen-bond donors (Lipinski definition) is 0. The van der Waals surface area contributed by atoms with E-state index in [0.29, 0.717) is 6.54 Å². The molecule has 0 aromatic carbocycles. The van der Waals surface area contributed by atoms with Crippen LogP contribution in [0, 0.1) is 11.3 Å². The monoisotopic (exact) mass is 139 g/mol. The van der Waals surface area contributed by atoms with Crippen molar-refractivity contribution >= 4 is 0 Å². The van der Waals surface area contributed by atoms with Crippen molar-refractivity contribution in [2.24, 2.45) is 0 Å². The van der Waals surface area contributed by atoms with Crippen LogP contribution >= 0.6 is 0 Å². The van der Waals surface area contributed by atoms with Crippen molar-refractivity contribution in [2.45, 2.75) is 6.92 Å². The van der Waals surface area contributed by atoms with E-state index in [2.05, 4.69) is 22.8 Å². The molecule has 0 amide bonds. The Hall–Kier alpha value is -0.590. The van der Waals surface area contributed by atoms with E-state index in [9.17, 15) is 0 Å². The molecule has 0 aromatic rings. The van der Waals surface area contributed by atoms with Gasteiger partial charge in [0.25, 0.3) is 0 Å². The Balaban J connectivity index is 2.23. The summed E-state index contributed by atoms with van der Waals surface area (Å²) < 4.78 is 0. The molecule has 0 saturated carbocycles. The van der Waals surface area contributed by atoms with Gasteiger partial charge in [0.2, 0.25) is 0 Å². The summed E-state index contributed by atoms with van der Waals surface area (Å²) in [4.78, 5) is 4.49. The first-order chi connectivity index (χ1) is 4.86. The van der Waals surface area contributed by atoms with E-state index in [1.807, 2.05) is 0 Å². The minimum atomic E-state index is 0.580. The molecule has 0 aromatic heterocycles. The van der Waals surface area contributed by atoms with Crippen LogP contribution in [0.15, 0.2) is 0 Å². The molecule has 56 valence electrons. The van der Waals surface area contributed by atoms with Crippen molar-refractivity contribution < 1.29 is 0 Å². The molecule has 3 nitrogen and oxygen atoms in total. The van der Waals surface area contributed by atoms with E-state index in [4.69, 9.17) is 5.26 Å². The van der Waals surface area contributed by atoms with Gasteiger partial charge in [-0.3, -0.25) is 9.80 Å². The Labute approximate surface area is 61.8 Å². The van der Waals surface area contributed by atoms with Crippen molar-refractivity contribution in [1.82, 2.24) is 9.80 Å². The van der Waals surface area contributed by atoms with Crippen LogP contribution in [0.25, 0.3) is 0 Å². The molecular formula is C7H13N3. The van der Waals surface area contributed by atoms with E-state index in [0.717, 1.165) is 26.3 Å². The van der Waals surface area contributed by atoms with Crippen LogP contribution in [0.2, 0.25) is 0 Å². The second-order valence-electron chi connectivity index (χ2n) is 2.56. The second kappa shape index (κ2) is 3.55. The Morgan fingerprint density at radius 1 is 1.40 bits per heavy atom. The molecular weight excluding hydrogens is 126 g/mol. The van der Waals surface area contributed by atoms with Crippen LogP contribution in [0.1, 0.15) is 6.92 Å². The third-order valence-corrected chi connectivity index (χ3v) is 1.87. The van der Waals surface area contributed by atoms with E-state index in [-0.39, 0.29) is 0 Å². The van der Waals surface area contributed by atoms with E-state index < -0.39 is 0 Å². The summed E-state index contributed by atoms with van der Waals surface area (Å²) in [6.07, 6.45) is 0. The minimum Gasteiger partial charge on any atom is -0.289 e. The van der Waals surface area contributed by atoms with Crippen molar-refractivity contribution in [3.8, 4) is 6.07 Å². The van der Waals surface area contributed by atoms with Crippen molar-refractivity contribution in [1.29, 1.82) is 5.26 Å². The quantitative estimate of drug-likeness (QED) is 0.508. The van der Waals surface area contributed by atoms with Gasteiger partial charge in [0.15, 0.2) is 0 Å². The van der Waals surface area contributed by atoms with Crippen LogP contribution in [0.5, 0.6) is 0 Å². The zero-order valence-electron chi connectivity index (χ0n) is 6.38. The molecule has 0 bridgehead atoms. The first-order valence-corrected chi connectivity index (χ1v) is 3.68.